The summed E-state index contributed by atoms with van der Waals surface area (Å²) < 4.78 is 3.61. The van der Waals surface area contributed by atoms with Crippen LogP contribution in [0.15, 0.2) is 22.7 Å². The topological polar surface area (TPSA) is 4.93 Å². The van der Waals surface area contributed by atoms with Gasteiger partial charge in [-0.3, -0.25) is 0 Å². The molecule has 0 amide bonds. The third-order valence-electron chi connectivity index (χ3n) is 5.91. The van der Waals surface area contributed by atoms with Gasteiger partial charge in [-0.15, -0.1) is 0 Å². The van der Waals surface area contributed by atoms with Gasteiger partial charge >= 0.3 is 0 Å². The molecule has 2 aliphatic rings. The van der Waals surface area contributed by atoms with Gasteiger partial charge in [-0.2, -0.15) is 0 Å². The summed E-state index contributed by atoms with van der Waals surface area (Å²) in [5, 5.41) is 1.49. The number of aromatic nitrogens is 1. The average molecular weight is 332 g/mol. The maximum absolute atomic E-state index is 3.61. The molecule has 3 atom stereocenters. The highest BCUT2D eigenvalue weighted by molar-refractivity contribution is 9.10. The van der Waals surface area contributed by atoms with Gasteiger partial charge in [0.2, 0.25) is 0 Å². The van der Waals surface area contributed by atoms with E-state index in [1.165, 1.54) is 47.5 Å². The van der Waals surface area contributed by atoms with Gasteiger partial charge in [-0.1, -0.05) is 35.3 Å². The lowest BCUT2D eigenvalue weighted by molar-refractivity contribution is 0.108. The first kappa shape index (κ1) is 12.9. The Bertz CT molecular complexity index is 670. The second kappa shape index (κ2) is 4.62. The number of hydrogen-bond acceptors (Lipinski definition) is 0. The zero-order chi connectivity index (χ0) is 13.9. The van der Waals surface area contributed by atoms with Crippen LogP contribution in [0.3, 0.4) is 0 Å². The Morgan fingerprint density at radius 1 is 1.20 bits per heavy atom. The molecule has 0 spiro atoms. The third-order valence-corrected chi connectivity index (χ3v) is 6.40. The molecule has 1 fully saturated rings. The number of benzene rings is 1. The molecular formula is C18H22BrN. The SMILES string of the molecule is CC1CCC1C1CCc2c(c3ccc(Br)cc3n2C)C1. The predicted molar refractivity (Wildman–Crippen MR) is 88.0 cm³/mol. The van der Waals surface area contributed by atoms with Crippen molar-refractivity contribution in [3.8, 4) is 0 Å². The number of halogens is 1. The Morgan fingerprint density at radius 2 is 2.05 bits per heavy atom. The van der Waals surface area contributed by atoms with Crippen molar-refractivity contribution in [3.05, 3.63) is 33.9 Å². The largest absolute Gasteiger partial charge is 0.347 e. The van der Waals surface area contributed by atoms with Gasteiger partial charge in [0, 0.05) is 28.1 Å². The van der Waals surface area contributed by atoms with Crippen molar-refractivity contribution in [1.82, 2.24) is 4.57 Å². The lowest BCUT2D eigenvalue weighted by Gasteiger charge is -2.42. The number of hydrogen-bond donors (Lipinski definition) is 0. The van der Waals surface area contributed by atoms with E-state index in [-0.39, 0.29) is 0 Å². The van der Waals surface area contributed by atoms with Crippen molar-refractivity contribution in [1.29, 1.82) is 0 Å². The summed E-state index contributed by atoms with van der Waals surface area (Å²) in [5.41, 5.74) is 4.62. The van der Waals surface area contributed by atoms with Gasteiger partial charge in [0.05, 0.1) is 0 Å². The molecule has 1 aromatic carbocycles. The molecule has 1 aromatic heterocycles. The van der Waals surface area contributed by atoms with E-state index in [1.54, 1.807) is 11.3 Å². The Hall–Kier alpha value is -0.760. The number of nitrogens with zero attached hydrogens (tertiary/aromatic N) is 1. The number of fused-ring (bicyclic) bond motifs is 3. The van der Waals surface area contributed by atoms with Crippen LogP contribution in [0.4, 0.5) is 0 Å². The van der Waals surface area contributed by atoms with Gasteiger partial charge < -0.3 is 4.57 Å². The predicted octanol–water partition coefficient (Wildman–Crippen LogP) is 5.09. The van der Waals surface area contributed by atoms with E-state index in [0.29, 0.717) is 0 Å². The Labute approximate surface area is 129 Å². The molecule has 0 saturated heterocycles. The van der Waals surface area contributed by atoms with Gasteiger partial charge in [0.1, 0.15) is 0 Å². The Morgan fingerprint density at radius 3 is 2.75 bits per heavy atom. The fourth-order valence-corrected chi connectivity index (χ4v) is 4.88. The molecule has 20 heavy (non-hydrogen) atoms. The minimum atomic E-state index is 0.931. The first-order valence-electron chi connectivity index (χ1n) is 7.91. The first-order chi connectivity index (χ1) is 9.65. The van der Waals surface area contributed by atoms with Crippen LogP contribution in [0.1, 0.15) is 37.4 Å². The molecule has 0 bridgehead atoms. The van der Waals surface area contributed by atoms with Gasteiger partial charge in [-0.05, 0) is 61.1 Å². The third kappa shape index (κ3) is 1.80. The van der Waals surface area contributed by atoms with Gasteiger partial charge in [0.25, 0.3) is 0 Å². The summed E-state index contributed by atoms with van der Waals surface area (Å²) in [6.07, 6.45) is 6.90. The fourth-order valence-electron chi connectivity index (χ4n) is 4.53. The van der Waals surface area contributed by atoms with Crippen molar-refractivity contribution in [2.24, 2.45) is 24.8 Å². The zero-order valence-electron chi connectivity index (χ0n) is 12.3. The Balaban J connectivity index is 1.77. The summed E-state index contributed by atoms with van der Waals surface area (Å²) in [4.78, 5) is 0. The molecule has 0 radical (unpaired) electrons. The molecule has 0 aliphatic heterocycles. The Kier molecular flexibility index (Phi) is 2.99. The number of rotatable bonds is 1. The van der Waals surface area contributed by atoms with Crippen LogP contribution in [0, 0.1) is 17.8 Å². The summed E-state index contributed by atoms with van der Waals surface area (Å²) >= 11 is 3.61. The number of aryl methyl sites for hydroxylation is 1. The highest BCUT2D eigenvalue weighted by Gasteiger charge is 2.36. The quantitative estimate of drug-likeness (QED) is 0.685. The van der Waals surface area contributed by atoms with Gasteiger partial charge in [0.15, 0.2) is 0 Å². The second-order valence-corrected chi connectivity index (χ2v) is 7.78. The maximum Gasteiger partial charge on any atom is 0.0494 e. The smallest absolute Gasteiger partial charge is 0.0494 e. The van der Waals surface area contributed by atoms with E-state index in [0.717, 1.165) is 17.8 Å². The molecule has 1 saturated carbocycles. The van der Waals surface area contributed by atoms with E-state index >= 15 is 0 Å². The van der Waals surface area contributed by atoms with Crippen molar-refractivity contribution < 1.29 is 0 Å². The van der Waals surface area contributed by atoms with E-state index in [9.17, 15) is 0 Å². The molecule has 2 aromatic rings. The monoisotopic (exact) mass is 331 g/mol. The van der Waals surface area contributed by atoms with Crippen molar-refractivity contribution in [2.45, 2.75) is 39.0 Å². The normalized spacial score (nSPS) is 29.2. The summed E-state index contributed by atoms with van der Waals surface area (Å²) in [6, 6.07) is 6.78. The summed E-state index contributed by atoms with van der Waals surface area (Å²) in [5.74, 6) is 2.89. The molecular weight excluding hydrogens is 310 g/mol. The molecule has 0 N–H and O–H groups in total. The lowest BCUT2D eigenvalue weighted by atomic mass is 9.64. The van der Waals surface area contributed by atoms with Crippen LogP contribution in [-0.4, -0.2) is 4.57 Å². The van der Waals surface area contributed by atoms with Gasteiger partial charge in [-0.25, -0.2) is 0 Å². The van der Waals surface area contributed by atoms with Crippen molar-refractivity contribution in [2.75, 3.05) is 0 Å². The summed E-state index contributed by atoms with van der Waals surface area (Å²) in [6.45, 7) is 2.45. The van der Waals surface area contributed by atoms with Crippen LogP contribution in [-0.2, 0) is 19.9 Å². The van der Waals surface area contributed by atoms with Crippen molar-refractivity contribution in [3.63, 3.8) is 0 Å². The van der Waals surface area contributed by atoms with E-state index in [2.05, 4.69) is 52.7 Å². The van der Waals surface area contributed by atoms with Crippen LogP contribution >= 0.6 is 15.9 Å². The highest BCUT2D eigenvalue weighted by atomic mass is 79.9. The van der Waals surface area contributed by atoms with Crippen LogP contribution in [0.5, 0.6) is 0 Å². The van der Waals surface area contributed by atoms with E-state index < -0.39 is 0 Å². The fraction of sp³-hybridized carbons (Fsp3) is 0.556. The standard InChI is InChI=1S/C18H22BrN/c1-11-3-6-14(11)12-4-8-17-16(9-12)15-7-5-13(19)10-18(15)20(17)2/h5,7,10-12,14H,3-4,6,8-9H2,1-2H3. The molecule has 1 nitrogen and oxygen atoms in total. The first-order valence-corrected chi connectivity index (χ1v) is 8.70. The molecule has 3 unspecified atom stereocenters. The second-order valence-electron chi connectivity index (χ2n) is 6.87. The summed E-state index contributed by atoms with van der Waals surface area (Å²) in [7, 11) is 2.24. The van der Waals surface area contributed by atoms with E-state index in [1.807, 2.05) is 0 Å². The zero-order valence-corrected chi connectivity index (χ0v) is 13.9. The van der Waals surface area contributed by atoms with Crippen LogP contribution < -0.4 is 0 Å². The van der Waals surface area contributed by atoms with E-state index in [4.69, 9.17) is 0 Å². The lowest BCUT2D eigenvalue weighted by Crippen LogP contribution is -2.34. The molecule has 1 heterocycles. The molecule has 2 aliphatic carbocycles. The average Bonchev–Trinajstić information content (AvgIpc) is 2.70. The minimum Gasteiger partial charge on any atom is -0.347 e. The van der Waals surface area contributed by atoms with Crippen LogP contribution in [0.25, 0.3) is 10.9 Å². The highest BCUT2D eigenvalue weighted by Crippen LogP contribution is 2.45. The molecule has 4 rings (SSSR count). The van der Waals surface area contributed by atoms with Crippen LogP contribution in [0.2, 0.25) is 0 Å². The minimum absolute atomic E-state index is 0.931. The molecule has 2 heteroatoms. The van der Waals surface area contributed by atoms with Crippen molar-refractivity contribution >= 4 is 26.8 Å². The molecule has 106 valence electrons. The maximum atomic E-state index is 3.61.